The lowest BCUT2D eigenvalue weighted by molar-refractivity contribution is -0.131. The molecule has 122 valence electrons. The van der Waals surface area contributed by atoms with Gasteiger partial charge < -0.3 is 10.0 Å². The lowest BCUT2D eigenvalue weighted by Gasteiger charge is -2.33. The standard InChI is InChI=1S/C16H19N3O2S2/c1-11(23-16-18-17-10-22-16)15(21)19-8-6-13(7-9-19)12-2-4-14(20)5-3-12/h2-5,10-11,13,20H,6-9H2,1H3/t11-/m1/s1. The number of nitrogens with zero attached hydrogens (tertiary/aromatic N) is 3. The number of carbonyl (C=O) groups is 1. The van der Waals surface area contributed by atoms with Gasteiger partial charge in [-0.05, 0) is 43.4 Å². The molecule has 1 fully saturated rings. The fraction of sp³-hybridized carbons (Fsp3) is 0.438. The van der Waals surface area contributed by atoms with Crippen molar-refractivity contribution in [1.82, 2.24) is 15.1 Å². The van der Waals surface area contributed by atoms with Crippen LogP contribution in [0.1, 0.15) is 31.2 Å². The largest absolute Gasteiger partial charge is 0.508 e. The highest BCUT2D eigenvalue weighted by molar-refractivity contribution is 8.02. The van der Waals surface area contributed by atoms with Crippen LogP contribution in [0.3, 0.4) is 0 Å². The maximum absolute atomic E-state index is 12.5. The fourth-order valence-electron chi connectivity index (χ4n) is 2.85. The molecule has 1 aliphatic rings. The van der Waals surface area contributed by atoms with Gasteiger partial charge in [-0.2, -0.15) is 0 Å². The van der Waals surface area contributed by atoms with Crippen LogP contribution < -0.4 is 0 Å². The van der Waals surface area contributed by atoms with E-state index >= 15 is 0 Å². The average Bonchev–Trinajstić information content (AvgIpc) is 3.08. The molecule has 0 radical (unpaired) electrons. The minimum atomic E-state index is -0.131. The third-order valence-corrected chi connectivity index (χ3v) is 6.04. The monoisotopic (exact) mass is 349 g/mol. The maximum atomic E-state index is 12.5. The number of aromatic hydroxyl groups is 1. The van der Waals surface area contributed by atoms with Crippen molar-refractivity contribution < 1.29 is 9.90 Å². The molecule has 1 N–H and O–H groups in total. The second-order valence-electron chi connectivity index (χ2n) is 5.66. The molecule has 5 nitrogen and oxygen atoms in total. The molecule has 2 heterocycles. The van der Waals surface area contributed by atoms with Crippen LogP contribution >= 0.6 is 23.1 Å². The molecular formula is C16H19N3O2S2. The number of carbonyl (C=O) groups excluding carboxylic acids is 1. The number of benzene rings is 1. The minimum Gasteiger partial charge on any atom is -0.508 e. The highest BCUT2D eigenvalue weighted by Gasteiger charge is 2.27. The van der Waals surface area contributed by atoms with Gasteiger partial charge in [0.15, 0.2) is 4.34 Å². The number of hydrogen-bond acceptors (Lipinski definition) is 6. The fourth-order valence-corrected chi connectivity index (χ4v) is 4.56. The number of likely N-dealkylation sites (tertiary alicyclic amines) is 1. The van der Waals surface area contributed by atoms with Crippen LogP contribution in [-0.4, -0.2) is 44.5 Å². The van der Waals surface area contributed by atoms with E-state index in [2.05, 4.69) is 10.2 Å². The summed E-state index contributed by atoms with van der Waals surface area (Å²) >= 11 is 2.94. The van der Waals surface area contributed by atoms with Crippen LogP contribution in [0, 0.1) is 0 Å². The van der Waals surface area contributed by atoms with Crippen molar-refractivity contribution in [2.75, 3.05) is 13.1 Å². The van der Waals surface area contributed by atoms with E-state index in [4.69, 9.17) is 0 Å². The van der Waals surface area contributed by atoms with Crippen molar-refractivity contribution in [2.45, 2.75) is 35.3 Å². The lowest BCUT2D eigenvalue weighted by atomic mass is 9.89. The quantitative estimate of drug-likeness (QED) is 0.859. The van der Waals surface area contributed by atoms with Crippen molar-refractivity contribution in [3.8, 4) is 5.75 Å². The smallest absolute Gasteiger partial charge is 0.235 e. The van der Waals surface area contributed by atoms with Crippen LogP contribution in [0.25, 0.3) is 0 Å². The normalized spacial score (nSPS) is 17.2. The summed E-state index contributed by atoms with van der Waals surface area (Å²) in [4.78, 5) is 14.5. The molecule has 1 aromatic heterocycles. The van der Waals surface area contributed by atoms with Crippen LogP contribution in [-0.2, 0) is 4.79 Å². The highest BCUT2D eigenvalue weighted by atomic mass is 32.2. The van der Waals surface area contributed by atoms with E-state index in [1.165, 1.54) is 28.7 Å². The molecule has 0 unspecified atom stereocenters. The predicted octanol–water partition coefficient (Wildman–Crippen LogP) is 3.13. The minimum absolute atomic E-state index is 0.131. The summed E-state index contributed by atoms with van der Waals surface area (Å²) in [6.07, 6.45) is 1.93. The molecule has 0 saturated carbocycles. The van der Waals surface area contributed by atoms with Crippen molar-refractivity contribution in [3.63, 3.8) is 0 Å². The molecule has 0 bridgehead atoms. The first-order valence-corrected chi connectivity index (χ1v) is 9.40. The van der Waals surface area contributed by atoms with Gasteiger partial charge in [0.2, 0.25) is 5.91 Å². The molecule has 1 aromatic carbocycles. The molecular weight excluding hydrogens is 330 g/mol. The summed E-state index contributed by atoms with van der Waals surface area (Å²) in [7, 11) is 0. The molecule has 1 amide bonds. The predicted molar refractivity (Wildman–Crippen MR) is 91.9 cm³/mol. The Kier molecular flexibility index (Phi) is 5.17. The first-order chi connectivity index (χ1) is 11.1. The average molecular weight is 349 g/mol. The third-order valence-electron chi connectivity index (χ3n) is 4.14. The van der Waals surface area contributed by atoms with Crippen LogP contribution in [0.4, 0.5) is 0 Å². The van der Waals surface area contributed by atoms with Crippen molar-refractivity contribution in [1.29, 1.82) is 0 Å². The van der Waals surface area contributed by atoms with E-state index in [0.29, 0.717) is 11.7 Å². The molecule has 1 aliphatic heterocycles. The van der Waals surface area contributed by atoms with Crippen molar-refractivity contribution >= 4 is 29.0 Å². The summed E-state index contributed by atoms with van der Waals surface area (Å²) < 4.78 is 0.838. The van der Waals surface area contributed by atoms with Gasteiger partial charge in [-0.1, -0.05) is 35.2 Å². The van der Waals surface area contributed by atoms with E-state index in [9.17, 15) is 9.90 Å². The van der Waals surface area contributed by atoms with Crippen molar-refractivity contribution in [3.05, 3.63) is 35.3 Å². The van der Waals surface area contributed by atoms with Gasteiger partial charge in [-0.25, -0.2) is 0 Å². The van der Waals surface area contributed by atoms with Gasteiger partial charge >= 0.3 is 0 Å². The maximum Gasteiger partial charge on any atom is 0.235 e. The van der Waals surface area contributed by atoms with Gasteiger partial charge in [-0.15, -0.1) is 10.2 Å². The number of rotatable bonds is 4. The Balaban J connectivity index is 1.53. The molecule has 23 heavy (non-hydrogen) atoms. The molecule has 0 spiro atoms. The highest BCUT2D eigenvalue weighted by Crippen LogP contribution is 2.31. The summed E-state index contributed by atoms with van der Waals surface area (Å²) in [6.45, 7) is 3.50. The molecule has 7 heteroatoms. The Morgan fingerprint density at radius 2 is 2.04 bits per heavy atom. The van der Waals surface area contributed by atoms with Gasteiger partial charge in [0, 0.05) is 13.1 Å². The summed E-state index contributed by atoms with van der Waals surface area (Å²) in [6, 6.07) is 7.41. The zero-order valence-corrected chi connectivity index (χ0v) is 14.5. The van der Waals surface area contributed by atoms with E-state index in [1.807, 2.05) is 24.0 Å². The van der Waals surface area contributed by atoms with Gasteiger partial charge in [0.25, 0.3) is 0 Å². The molecule has 0 aliphatic carbocycles. The Hall–Kier alpha value is -1.60. The number of piperidine rings is 1. The first kappa shape index (κ1) is 16.3. The number of hydrogen-bond donors (Lipinski definition) is 1. The summed E-state index contributed by atoms with van der Waals surface area (Å²) in [5.41, 5.74) is 2.93. The summed E-state index contributed by atoms with van der Waals surface area (Å²) in [5.74, 6) is 0.934. The van der Waals surface area contributed by atoms with E-state index in [1.54, 1.807) is 17.6 Å². The molecule has 1 atom stereocenters. The SMILES string of the molecule is C[C@@H](Sc1nncs1)C(=O)N1CCC(c2ccc(O)cc2)CC1. The Morgan fingerprint density at radius 1 is 1.35 bits per heavy atom. The second-order valence-corrected chi connectivity index (χ2v) is 8.08. The van der Waals surface area contributed by atoms with Crippen LogP contribution in [0.15, 0.2) is 34.1 Å². The molecule has 2 aromatic rings. The van der Waals surface area contributed by atoms with E-state index in [0.717, 1.165) is 30.3 Å². The Morgan fingerprint density at radius 3 is 2.65 bits per heavy atom. The Labute approximate surface area is 143 Å². The van der Waals surface area contributed by atoms with E-state index in [-0.39, 0.29) is 11.2 Å². The molecule has 1 saturated heterocycles. The number of amides is 1. The van der Waals surface area contributed by atoms with Gasteiger partial charge in [-0.3, -0.25) is 4.79 Å². The molecule has 3 rings (SSSR count). The van der Waals surface area contributed by atoms with Gasteiger partial charge in [0.1, 0.15) is 11.3 Å². The summed E-state index contributed by atoms with van der Waals surface area (Å²) in [5, 5.41) is 17.0. The van der Waals surface area contributed by atoms with E-state index < -0.39 is 0 Å². The third kappa shape index (κ3) is 4.03. The zero-order valence-electron chi connectivity index (χ0n) is 12.9. The second kappa shape index (κ2) is 7.31. The number of aromatic nitrogens is 2. The number of phenols is 1. The lowest BCUT2D eigenvalue weighted by Crippen LogP contribution is -2.41. The number of phenolic OH excluding ortho intramolecular Hbond substituents is 1. The van der Waals surface area contributed by atoms with Crippen LogP contribution in [0.5, 0.6) is 5.75 Å². The first-order valence-electron chi connectivity index (χ1n) is 7.64. The Bertz CT molecular complexity index is 638. The zero-order chi connectivity index (χ0) is 16.2. The van der Waals surface area contributed by atoms with Gasteiger partial charge in [0.05, 0.1) is 5.25 Å². The van der Waals surface area contributed by atoms with Crippen LogP contribution in [0.2, 0.25) is 0 Å². The van der Waals surface area contributed by atoms with Crippen molar-refractivity contribution in [2.24, 2.45) is 0 Å². The topological polar surface area (TPSA) is 66.3 Å². The number of thioether (sulfide) groups is 1.